The van der Waals surface area contributed by atoms with Crippen molar-refractivity contribution in [2.24, 2.45) is 5.92 Å². The van der Waals surface area contributed by atoms with Gasteiger partial charge in [-0.05, 0) is 31.2 Å². The van der Waals surface area contributed by atoms with Crippen LogP contribution in [0.15, 0.2) is 30.3 Å². The molecule has 1 atom stereocenters. The summed E-state index contributed by atoms with van der Waals surface area (Å²) in [4.78, 5) is 11.5. The first-order chi connectivity index (χ1) is 8.77. The van der Waals surface area contributed by atoms with Gasteiger partial charge in [0.1, 0.15) is 0 Å². The van der Waals surface area contributed by atoms with Crippen LogP contribution in [0.3, 0.4) is 0 Å². The summed E-state index contributed by atoms with van der Waals surface area (Å²) in [6.07, 6.45) is 6.26. The van der Waals surface area contributed by atoms with E-state index in [0.717, 1.165) is 38.5 Å². The fourth-order valence-electron chi connectivity index (χ4n) is 2.26. The SMILES string of the molecule is CCCC(CCCCc1ccccc1)C(=O)OC. The molecule has 1 unspecified atom stereocenters. The van der Waals surface area contributed by atoms with E-state index in [9.17, 15) is 4.79 Å². The third-order valence-electron chi connectivity index (χ3n) is 3.28. The standard InChI is InChI=1S/C16H24O2/c1-3-9-15(16(17)18-2)13-8-7-12-14-10-5-4-6-11-14/h4-6,10-11,15H,3,7-9,12-13H2,1-2H3. The predicted molar refractivity (Wildman–Crippen MR) is 74.4 cm³/mol. The Morgan fingerprint density at radius 3 is 2.50 bits per heavy atom. The van der Waals surface area contributed by atoms with Gasteiger partial charge in [-0.15, -0.1) is 0 Å². The molecule has 0 aliphatic heterocycles. The Hall–Kier alpha value is -1.31. The second kappa shape index (κ2) is 8.73. The topological polar surface area (TPSA) is 26.3 Å². The highest BCUT2D eigenvalue weighted by Gasteiger charge is 2.17. The van der Waals surface area contributed by atoms with Crippen LogP contribution < -0.4 is 0 Å². The van der Waals surface area contributed by atoms with Crippen molar-refractivity contribution in [3.05, 3.63) is 35.9 Å². The predicted octanol–water partition coefficient (Wildman–Crippen LogP) is 3.99. The fraction of sp³-hybridized carbons (Fsp3) is 0.562. The quantitative estimate of drug-likeness (QED) is 0.513. The summed E-state index contributed by atoms with van der Waals surface area (Å²) in [5, 5.41) is 0. The molecule has 2 heteroatoms. The van der Waals surface area contributed by atoms with Gasteiger partial charge in [-0.2, -0.15) is 0 Å². The van der Waals surface area contributed by atoms with E-state index in [-0.39, 0.29) is 11.9 Å². The zero-order chi connectivity index (χ0) is 13.2. The fourth-order valence-corrected chi connectivity index (χ4v) is 2.26. The number of unbranched alkanes of at least 4 members (excludes halogenated alkanes) is 1. The lowest BCUT2D eigenvalue weighted by Gasteiger charge is -2.13. The van der Waals surface area contributed by atoms with E-state index in [2.05, 4.69) is 31.2 Å². The lowest BCUT2D eigenvalue weighted by Crippen LogP contribution is -2.16. The zero-order valence-electron chi connectivity index (χ0n) is 11.5. The molecule has 0 fully saturated rings. The number of methoxy groups -OCH3 is 1. The van der Waals surface area contributed by atoms with Gasteiger partial charge in [0.2, 0.25) is 0 Å². The molecule has 100 valence electrons. The van der Waals surface area contributed by atoms with E-state index in [1.165, 1.54) is 12.7 Å². The lowest BCUT2D eigenvalue weighted by atomic mass is 9.96. The summed E-state index contributed by atoms with van der Waals surface area (Å²) in [5.74, 6) is 0.0485. The number of esters is 1. The Morgan fingerprint density at radius 2 is 1.89 bits per heavy atom. The van der Waals surface area contributed by atoms with E-state index in [1.807, 2.05) is 6.07 Å². The summed E-state index contributed by atoms with van der Waals surface area (Å²) in [5.41, 5.74) is 1.38. The van der Waals surface area contributed by atoms with Crippen LogP contribution in [0.1, 0.15) is 44.6 Å². The molecule has 1 rings (SSSR count). The molecular formula is C16H24O2. The molecule has 0 spiro atoms. The van der Waals surface area contributed by atoms with Gasteiger partial charge < -0.3 is 4.74 Å². The van der Waals surface area contributed by atoms with Crippen molar-refractivity contribution in [1.29, 1.82) is 0 Å². The highest BCUT2D eigenvalue weighted by atomic mass is 16.5. The van der Waals surface area contributed by atoms with Gasteiger partial charge in [-0.3, -0.25) is 4.79 Å². The van der Waals surface area contributed by atoms with Gasteiger partial charge >= 0.3 is 5.97 Å². The van der Waals surface area contributed by atoms with E-state index in [0.29, 0.717) is 0 Å². The molecule has 0 aliphatic rings. The van der Waals surface area contributed by atoms with Crippen LogP contribution in [-0.4, -0.2) is 13.1 Å². The van der Waals surface area contributed by atoms with Gasteiger partial charge in [0.05, 0.1) is 13.0 Å². The van der Waals surface area contributed by atoms with Crippen LogP contribution in [0.5, 0.6) is 0 Å². The Morgan fingerprint density at radius 1 is 1.17 bits per heavy atom. The normalized spacial score (nSPS) is 12.1. The maximum absolute atomic E-state index is 11.5. The minimum atomic E-state index is -0.0449. The molecule has 1 aromatic rings. The zero-order valence-corrected chi connectivity index (χ0v) is 11.5. The number of ether oxygens (including phenoxy) is 1. The average molecular weight is 248 g/mol. The highest BCUT2D eigenvalue weighted by Crippen LogP contribution is 2.17. The molecule has 1 aromatic carbocycles. The monoisotopic (exact) mass is 248 g/mol. The number of hydrogen-bond donors (Lipinski definition) is 0. The second-order valence-electron chi connectivity index (χ2n) is 4.74. The number of hydrogen-bond acceptors (Lipinski definition) is 2. The van der Waals surface area contributed by atoms with Crippen LogP contribution in [0.4, 0.5) is 0 Å². The minimum absolute atomic E-state index is 0.0449. The molecule has 0 saturated carbocycles. The van der Waals surface area contributed by atoms with E-state index >= 15 is 0 Å². The summed E-state index contributed by atoms with van der Waals surface area (Å²) in [6, 6.07) is 10.5. The van der Waals surface area contributed by atoms with Crippen molar-refractivity contribution in [3.8, 4) is 0 Å². The van der Waals surface area contributed by atoms with Gasteiger partial charge in [0, 0.05) is 0 Å². The van der Waals surface area contributed by atoms with Crippen LogP contribution in [0.25, 0.3) is 0 Å². The number of aryl methyl sites for hydroxylation is 1. The number of carbonyl (C=O) groups excluding carboxylic acids is 1. The lowest BCUT2D eigenvalue weighted by molar-refractivity contribution is -0.146. The van der Waals surface area contributed by atoms with Crippen molar-refractivity contribution in [3.63, 3.8) is 0 Å². The number of rotatable bonds is 8. The van der Waals surface area contributed by atoms with Gasteiger partial charge in [-0.25, -0.2) is 0 Å². The van der Waals surface area contributed by atoms with Gasteiger partial charge in [0.15, 0.2) is 0 Å². The Labute approximate surface area is 110 Å². The Bertz CT molecular complexity index is 332. The Kier molecular flexibility index (Phi) is 7.16. The molecular weight excluding hydrogens is 224 g/mol. The molecule has 0 aromatic heterocycles. The van der Waals surface area contributed by atoms with Crippen molar-refractivity contribution in [1.82, 2.24) is 0 Å². The molecule has 0 N–H and O–H groups in total. The summed E-state index contributed by atoms with van der Waals surface area (Å²) >= 11 is 0. The van der Waals surface area contributed by atoms with Crippen molar-refractivity contribution in [2.75, 3.05) is 7.11 Å². The van der Waals surface area contributed by atoms with E-state index < -0.39 is 0 Å². The first-order valence-corrected chi connectivity index (χ1v) is 6.89. The smallest absolute Gasteiger partial charge is 0.308 e. The van der Waals surface area contributed by atoms with Crippen LogP contribution in [0.2, 0.25) is 0 Å². The number of benzene rings is 1. The molecule has 0 aliphatic carbocycles. The molecule has 18 heavy (non-hydrogen) atoms. The average Bonchev–Trinajstić information content (AvgIpc) is 2.42. The summed E-state index contributed by atoms with van der Waals surface area (Å²) in [6.45, 7) is 2.11. The molecule has 0 heterocycles. The molecule has 0 amide bonds. The first kappa shape index (κ1) is 14.7. The highest BCUT2D eigenvalue weighted by molar-refractivity contribution is 5.72. The first-order valence-electron chi connectivity index (χ1n) is 6.89. The molecule has 0 bridgehead atoms. The summed E-state index contributed by atoms with van der Waals surface area (Å²) in [7, 11) is 1.48. The van der Waals surface area contributed by atoms with Crippen LogP contribution in [-0.2, 0) is 16.0 Å². The molecule has 0 radical (unpaired) electrons. The molecule has 2 nitrogen and oxygen atoms in total. The minimum Gasteiger partial charge on any atom is -0.469 e. The molecule has 0 saturated heterocycles. The van der Waals surface area contributed by atoms with E-state index in [1.54, 1.807) is 0 Å². The van der Waals surface area contributed by atoms with Crippen LogP contribution >= 0.6 is 0 Å². The van der Waals surface area contributed by atoms with E-state index in [4.69, 9.17) is 4.74 Å². The maximum atomic E-state index is 11.5. The van der Waals surface area contributed by atoms with Crippen molar-refractivity contribution >= 4 is 5.97 Å². The third kappa shape index (κ3) is 5.35. The second-order valence-corrected chi connectivity index (χ2v) is 4.74. The third-order valence-corrected chi connectivity index (χ3v) is 3.28. The largest absolute Gasteiger partial charge is 0.469 e. The van der Waals surface area contributed by atoms with Crippen molar-refractivity contribution < 1.29 is 9.53 Å². The van der Waals surface area contributed by atoms with Crippen molar-refractivity contribution in [2.45, 2.75) is 45.4 Å². The summed E-state index contributed by atoms with van der Waals surface area (Å²) < 4.78 is 4.84. The van der Waals surface area contributed by atoms with Crippen LogP contribution in [0, 0.1) is 5.92 Å². The number of carbonyl (C=O) groups is 1. The van der Waals surface area contributed by atoms with Gasteiger partial charge in [0.25, 0.3) is 0 Å². The Balaban J connectivity index is 2.24. The maximum Gasteiger partial charge on any atom is 0.308 e. The van der Waals surface area contributed by atoms with Gasteiger partial charge in [-0.1, -0.05) is 50.1 Å².